The lowest BCUT2D eigenvalue weighted by atomic mass is 10.1. The predicted octanol–water partition coefficient (Wildman–Crippen LogP) is 2.68. The van der Waals surface area contributed by atoms with Crippen molar-refractivity contribution in [2.24, 2.45) is 0 Å². The number of hydrogen-bond acceptors (Lipinski definition) is 3. The van der Waals surface area contributed by atoms with Crippen molar-refractivity contribution < 1.29 is 4.74 Å². The summed E-state index contributed by atoms with van der Waals surface area (Å²) in [5.41, 5.74) is 2.57. The molecule has 0 radical (unpaired) electrons. The highest BCUT2D eigenvalue weighted by atomic mass is 16.5. The van der Waals surface area contributed by atoms with E-state index in [0.29, 0.717) is 6.04 Å². The van der Waals surface area contributed by atoms with Gasteiger partial charge in [-0.15, -0.1) is 0 Å². The number of nitrogens with zero attached hydrogens (tertiary/aromatic N) is 2. The first-order chi connectivity index (χ1) is 9.19. The van der Waals surface area contributed by atoms with Crippen molar-refractivity contribution in [1.29, 1.82) is 0 Å². The highest BCUT2D eigenvalue weighted by molar-refractivity contribution is 5.61. The number of benzene rings is 1. The summed E-state index contributed by atoms with van der Waals surface area (Å²) in [6.45, 7) is 8.09. The summed E-state index contributed by atoms with van der Waals surface area (Å²) in [5.74, 6) is 1.00. The summed E-state index contributed by atoms with van der Waals surface area (Å²) in [6.07, 6.45) is 2.70. The number of anilines is 1. The Bertz CT molecular complexity index is 460. The minimum atomic E-state index is 0.560. The second-order valence-electron chi connectivity index (χ2n) is 5.97. The van der Waals surface area contributed by atoms with Crippen molar-refractivity contribution in [2.45, 2.75) is 38.8 Å². The minimum absolute atomic E-state index is 0.560. The molecule has 1 aromatic rings. The van der Waals surface area contributed by atoms with E-state index in [2.05, 4.69) is 41.8 Å². The molecular weight excluding hydrogens is 236 g/mol. The molecule has 0 N–H and O–H groups in total. The van der Waals surface area contributed by atoms with E-state index in [4.69, 9.17) is 4.74 Å². The second kappa shape index (κ2) is 5.04. The largest absolute Gasteiger partial charge is 0.495 e. The molecule has 3 rings (SSSR count). The molecule has 2 aliphatic heterocycles. The Morgan fingerprint density at radius 1 is 1.26 bits per heavy atom. The number of fused-ring (bicyclic) bond motifs is 1. The Morgan fingerprint density at radius 3 is 2.89 bits per heavy atom. The summed E-state index contributed by atoms with van der Waals surface area (Å²) in [6, 6.07) is 7.78. The van der Waals surface area contributed by atoms with Gasteiger partial charge in [0, 0.05) is 25.2 Å². The van der Waals surface area contributed by atoms with E-state index >= 15 is 0 Å². The van der Waals surface area contributed by atoms with Gasteiger partial charge in [-0.25, -0.2) is 0 Å². The van der Waals surface area contributed by atoms with Gasteiger partial charge in [0.2, 0.25) is 0 Å². The van der Waals surface area contributed by atoms with Crippen molar-refractivity contribution in [2.75, 3.05) is 31.6 Å². The quantitative estimate of drug-likeness (QED) is 0.813. The van der Waals surface area contributed by atoms with Gasteiger partial charge in [-0.3, -0.25) is 4.90 Å². The maximum absolute atomic E-state index is 5.56. The highest BCUT2D eigenvalue weighted by Gasteiger charge is 2.35. The van der Waals surface area contributed by atoms with E-state index in [1.54, 1.807) is 7.11 Å². The average Bonchev–Trinajstić information content (AvgIpc) is 2.84. The molecule has 1 aromatic carbocycles. The molecule has 0 bridgehead atoms. The van der Waals surface area contributed by atoms with Crippen molar-refractivity contribution in [3.8, 4) is 5.75 Å². The summed E-state index contributed by atoms with van der Waals surface area (Å²) in [7, 11) is 1.77. The third kappa shape index (κ3) is 2.32. The number of methoxy groups -OCH3 is 1. The van der Waals surface area contributed by atoms with Crippen molar-refractivity contribution in [1.82, 2.24) is 4.90 Å². The van der Waals surface area contributed by atoms with Crippen molar-refractivity contribution >= 4 is 5.69 Å². The van der Waals surface area contributed by atoms with Crippen LogP contribution in [0.1, 0.15) is 25.3 Å². The van der Waals surface area contributed by atoms with Crippen molar-refractivity contribution in [3.63, 3.8) is 0 Å². The van der Waals surface area contributed by atoms with Gasteiger partial charge in [0.15, 0.2) is 0 Å². The average molecular weight is 260 g/mol. The van der Waals surface area contributed by atoms with Crippen LogP contribution < -0.4 is 9.64 Å². The fourth-order valence-electron chi connectivity index (χ4n) is 3.55. The van der Waals surface area contributed by atoms with Gasteiger partial charge in [0.05, 0.1) is 12.8 Å². The summed E-state index contributed by atoms with van der Waals surface area (Å²) in [4.78, 5) is 5.20. The van der Waals surface area contributed by atoms with Gasteiger partial charge < -0.3 is 9.64 Å². The number of aryl methyl sites for hydroxylation is 1. The maximum Gasteiger partial charge on any atom is 0.142 e. The van der Waals surface area contributed by atoms with E-state index < -0.39 is 0 Å². The standard InChI is InChI=1S/C16H24N2O/c1-12-6-7-16(19-3)15(9-12)18-11-14-5-4-8-17(14)10-13(18)2/h6-7,9,13-14H,4-5,8,10-11H2,1-3H3. The summed E-state index contributed by atoms with van der Waals surface area (Å²) >= 11 is 0. The summed E-state index contributed by atoms with van der Waals surface area (Å²) in [5, 5.41) is 0. The van der Waals surface area contributed by atoms with Crippen LogP contribution in [0.4, 0.5) is 5.69 Å². The van der Waals surface area contributed by atoms with Gasteiger partial charge in [-0.1, -0.05) is 6.07 Å². The number of hydrogen-bond donors (Lipinski definition) is 0. The highest BCUT2D eigenvalue weighted by Crippen LogP contribution is 2.34. The number of piperazine rings is 1. The third-order valence-electron chi connectivity index (χ3n) is 4.58. The molecule has 2 unspecified atom stereocenters. The molecule has 2 saturated heterocycles. The van der Waals surface area contributed by atoms with Crippen LogP contribution in [0, 0.1) is 6.92 Å². The molecule has 3 heteroatoms. The van der Waals surface area contributed by atoms with E-state index in [-0.39, 0.29) is 0 Å². The van der Waals surface area contributed by atoms with Crippen molar-refractivity contribution in [3.05, 3.63) is 23.8 Å². The zero-order chi connectivity index (χ0) is 13.4. The van der Waals surface area contributed by atoms with Crippen LogP contribution in [0.25, 0.3) is 0 Å². The monoisotopic (exact) mass is 260 g/mol. The molecule has 0 saturated carbocycles. The number of ether oxygens (including phenoxy) is 1. The second-order valence-corrected chi connectivity index (χ2v) is 5.97. The van der Waals surface area contributed by atoms with Gasteiger partial charge in [0.25, 0.3) is 0 Å². The minimum Gasteiger partial charge on any atom is -0.495 e. The normalized spacial score (nSPS) is 27.4. The molecule has 2 aliphatic rings. The smallest absolute Gasteiger partial charge is 0.142 e. The first-order valence-electron chi connectivity index (χ1n) is 7.34. The Balaban J connectivity index is 1.90. The Hall–Kier alpha value is -1.22. The first kappa shape index (κ1) is 12.8. The van der Waals surface area contributed by atoms with Gasteiger partial charge in [-0.2, -0.15) is 0 Å². The Kier molecular flexibility index (Phi) is 3.40. The predicted molar refractivity (Wildman–Crippen MR) is 79.1 cm³/mol. The van der Waals surface area contributed by atoms with Crippen LogP contribution in [-0.4, -0.2) is 43.7 Å². The van der Waals surface area contributed by atoms with E-state index in [9.17, 15) is 0 Å². The summed E-state index contributed by atoms with van der Waals surface area (Å²) < 4.78 is 5.56. The van der Waals surface area contributed by atoms with Crippen LogP contribution in [0.2, 0.25) is 0 Å². The zero-order valence-electron chi connectivity index (χ0n) is 12.2. The third-order valence-corrected chi connectivity index (χ3v) is 4.58. The Morgan fingerprint density at radius 2 is 2.11 bits per heavy atom. The molecule has 19 heavy (non-hydrogen) atoms. The van der Waals surface area contributed by atoms with E-state index in [0.717, 1.165) is 18.3 Å². The molecule has 0 aromatic heterocycles. The topological polar surface area (TPSA) is 15.7 Å². The van der Waals surface area contributed by atoms with E-state index in [1.807, 2.05) is 0 Å². The van der Waals surface area contributed by atoms with Gasteiger partial charge in [-0.05, 0) is 50.9 Å². The molecule has 2 heterocycles. The lowest BCUT2D eigenvalue weighted by Crippen LogP contribution is -2.55. The zero-order valence-corrected chi connectivity index (χ0v) is 12.2. The molecule has 104 valence electrons. The molecular formula is C16H24N2O. The lowest BCUT2D eigenvalue weighted by Gasteiger charge is -2.44. The molecule has 3 nitrogen and oxygen atoms in total. The van der Waals surface area contributed by atoms with Crippen LogP contribution in [0.3, 0.4) is 0 Å². The fourth-order valence-corrected chi connectivity index (χ4v) is 3.55. The molecule has 0 aliphatic carbocycles. The SMILES string of the molecule is COc1ccc(C)cc1N1CC2CCCN2CC1C. The Labute approximate surface area is 116 Å². The molecule has 2 atom stereocenters. The maximum atomic E-state index is 5.56. The lowest BCUT2D eigenvalue weighted by molar-refractivity contribution is 0.202. The first-order valence-corrected chi connectivity index (χ1v) is 7.34. The van der Waals surface area contributed by atoms with Crippen LogP contribution in [-0.2, 0) is 0 Å². The molecule has 2 fully saturated rings. The molecule has 0 amide bonds. The van der Waals surface area contributed by atoms with Gasteiger partial charge >= 0.3 is 0 Å². The van der Waals surface area contributed by atoms with E-state index in [1.165, 1.54) is 37.2 Å². The van der Waals surface area contributed by atoms with Crippen LogP contribution in [0.15, 0.2) is 18.2 Å². The number of rotatable bonds is 2. The van der Waals surface area contributed by atoms with Crippen LogP contribution >= 0.6 is 0 Å². The van der Waals surface area contributed by atoms with Crippen LogP contribution in [0.5, 0.6) is 5.75 Å². The van der Waals surface area contributed by atoms with Gasteiger partial charge in [0.1, 0.15) is 5.75 Å². The molecule has 0 spiro atoms. The fraction of sp³-hybridized carbons (Fsp3) is 0.625.